The molecule has 6 unspecified atom stereocenters. The molecule has 0 heterocycles. The summed E-state index contributed by atoms with van der Waals surface area (Å²) in [5.41, 5.74) is 0. The first-order chi connectivity index (χ1) is 30.0. The zero-order valence-corrected chi connectivity index (χ0v) is 47.7. The Bertz CT molecular complexity index is 919. The first-order valence-electron chi connectivity index (χ1n) is 25.8. The molecule has 6 atom stereocenters. The topological polar surface area (TPSA) is 176 Å². The van der Waals surface area contributed by atoms with Crippen LogP contribution in [0.1, 0.15) is 237 Å². The van der Waals surface area contributed by atoms with Gasteiger partial charge in [0.2, 0.25) is 0 Å². The average Bonchev–Trinajstić information content (AvgIpc) is 3.27. The van der Waals surface area contributed by atoms with Gasteiger partial charge in [-0.25, -0.2) is 0 Å². The van der Waals surface area contributed by atoms with E-state index in [1.165, 1.54) is 0 Å². The third-order valence-corrected chi connectivity index (χ3v) is 14.9. The molecule has 0 amide bonds. The van der Waals surface area contributed by atoms with E-state index in [0.29, 0.717) is 35.5 Å². The number of hydrogen-bond donors (Lipinski definition) is 0. The third-order valence-electron chi connectivity index (χ3n) is 12.1. The summed E-state index contributed by atoms with van der Waals surface area (Å²) < 4.78 is 65.7. The molecule has 393 valence electrons. The van der Waals surface area contributed by atoms with Crippen molar-refractivity contribution in [3.8, 4) is 0 Å². The zero-order chi connectivity index (χ0) is 48.4. The van der Waals surface area contributed by atoms with Gasteiger partial charge in [0.15, 0.2) is 0 Å². The van der Waals surface area contributed by atoms with Crippen LogP contribution >= 0.6 is 23.5 Å². The van der Waals surface area contributed by atoms with E-state index in [1.54, 1.807) is 0 Å². The van der Waals surface area contributed by atoms with E-state index >= 15 is 0 Å². The molecule has 16 heteroatoms. The molecule has 0 fully saturated rings. The normalized spacial score (nSPS) is 17.1. The Morgan fingerprint density at radius 2 is 0.422 bits per heavy atom. The first-order valence-corrected chi connectivity index (χ1v) is 30.1. The number of unbranched alkanes of at least 4 members (excludes halogenated alkanes) is 6. The van der Waals surface area contributed by atoms with E-state index in [-0.39, 0.29) is 76.9 Å². The van der Waals surface area contributed by atoms with E-state index < -0.39 is 23.5 Å². The minimum atomic E-state index is -4.14. The Morgan fingerprint density at radius 3 is 0.516 bits per heavy atom. The van der Waals surface area contributed by atoms with Gasteiger partial charge in [-0.15, -0.1) is 0 Å². The van der Waals surface area contributed by atoms with Gasteiger partial charge in [-0.1, -0.05) is 199 Å². The summed E-state index contributed by atoms with van der Waals surface area (Å²) in [7, 11) is -12.4. The molecule has 0 aliphatic heterocycles. The van der Waals surface area contributed by atoms with Crippen molar-refractivity contribution in [1.82, 2.24) is 0 Å². The fourth-order valence-electron chi connectivity index (χ4n) is 6.68. The van der Waals surface area contributed by atoms with Crippen LogP contribution in [0.25, 0.3) is 0 Å². The Hall–Kier alpha value is 1.58. The summed E-state index contributed by atoms with van der Waals surface area (Å²) in [4.78, 5) is 35.4. The van der Waals surface area contributed by atoms with Gasteiger partial charge < -0.3 is 41.8 Å². The molecule has 1 radical (unpaired) electrons. The molecular weight excluding hydrogens is 1030 g/mol. The van der Waals surface area contributed by atoms with Crippen molar-refractivity contribution in [2.75, 3.05) is 39.6 Å². The second-order valence-electron chi connectivity index (χ2n) is 17.6. The van der Waals surface area contributed by atoms with E-state index in [0.717, 1.165) is 154 Å². The molecule has 0 aliphatic rings. The van der Waals surface area contributed by atoms with Crippen LogP contribution in [0, 0.1) is 72.8 Å². The van der Waals surface area contributed by atoms with E-state index in [1.807, 2.05) is 0 Å². The van der Waals surface area contributed by atoms with Gasteiger partial charge in [0.05, 0.1) is 39.6 Å². The summed E-state index contributed by atoms with van der Waals surface area (Å²) in [5.74, 6) is 1.82. The van der Waals surface area contributed by atoms with Crippen molar-refractivity contribution < 1.29 is 92.8 Å². The monoisotopic (exact) mass is 1130 g/mol. The summed E-state index contributed by atoms with van der Waals surface area (Å²) in [6.45, 7) is 26.7. The standard InChI is InChI=1S/3C16H35O4P.Er/c3*1-5-9-11-15(7-3)13-19-21(17,18)20-14-16(8-4)12-10-6-2;/h3*15-16H,5-14H2,1-4H3,(H,17,18);/q;;;+3/p-3. The molecule has 0 aliphatic carbocycles. The molecule has 0 aromatic rings. The van der Waals surface area contributed by atoms with Crippen LogP contribution in [0.15, 0.2) is 0 Å². The Kier molecular flexibility index (Phi) is 54.3. The number of phosphoric acid groups is 3. The van der Waals surface area contributed by atoms with E-state index in [2.05, 4.69) is 83.1 Å². The molecule has 0 bridgehead atoms. The second kappa shape index (κ2) is 48.2. The van der Waals surface area contributed by atoms with Crippen molar-refractivity contribution in [2.24, 2.45) is 35.5 Å². The van der Waals surface area contributed by atoms with Gasteiger partial charge >= 0.3 is 37.3 Å². The first kappa shape index (κ1) is 72.1. The molecule has 0 saturated heterocycles. The van der Waals surface area contributed by atoms with Crippen LogP contribution in [0.2, 0.25) is 0 Å². The van der Waals surface area contributed by atoms with Gasteiger partial charge in [0, 0.05) is 0 Å². The molecule has 0 N–H and O–H groups in total. The summed E-state index contributed by atoms with van der Waals surface area (Å²) in [6, 6.07) is 0. The molecule has 12 nitrogen and oxygen atoms in total. The second-order valence-corrected chi connectivity index (χ2v) is 21.8. The number of phosphoric ester groups is 3. The Labute approximate surface area is 425 Å². The quantitative estimate of drug-likeness (QED) is 0.0530. The Morgan fingerprint density at radius 1 is 0.297 bits per heavy atom. The maximum Gasteiger partial charge on any atom is 3.00 e. The minimum absolute atomic E-state index is 0. The summed E-state index contributed by atoms with van der Waals surface area (Å²) in [5, 5.41) is 0. The van der Waals surface area contributed by atoms with Crippen LogP contribution < -0.4 is 14.7 Å². The minimum Gasteiger partial charge on any atom is -0.756 e. The fourth-order valence-corrected chi connectivity index (χ4v) is 9.26. The predicted octanol–water partition coefficient (Wildman–Crippen LogP) is 14.8. The molecule has 0 rings (SSSR count). The Balaban J connectivity index is -0.000000419. The van der Waals surface area contributed by atoms with Crippen molar-refractivity contribution >= 4 is 23.5 Å². The largest absolute Gasteiger partial charge is 3.00 e. The van der Waals surface area contributed by atoms with Crippen molar-refractivity contribution in [1.29, 1.82) is 0 Å². The predicted molar refractivity (Wildman–Crippen MR) is 258 cm³/mol. The molecule has 0 aromatic heterocycles. The molecule has 0 saturated carbocycles. The SMILES string of the molecule is CCCCC(CC)COP(=O)([O-])OCC(CC)CCCC.CCCCC(CC)COP(=O)([O-])OCC(CC)CCCC.CCCCC(CC)COP(=O)([O-])OCC(CC)CCCC.[Er+3]. The van der Waals surface area contributed by atoms with Crippen LogP contribution in [0.5, 0.6) is 0 Å². The van der Waals surface area contributed by atoms with E-state index in [4.69, 9.17) is 27.1 Å². The van der Waals surface area contributed by atoms with Crippen LogP contribution in [0.4, 0.5) is 0 Å². The van der Waals surface area contributed by atoms with Gasteiger partial charge in [0.25, 0.3) is 23.5 Å². The molecule has 64 heavy (non-hydrogen) atoms. The van der Waals surface area contributed by atoms with Crippen LogP contribution in [0.3, 0.4) is 0 Å². The van der Waals surface area contributed by atoms with Crippen molar-refractivity contribution in [3.63, 3.8) is 0 Å². The average molecular weight is 1130 g/mol. The van der Waals surface area contributed by atoms with Crippen molar-refractivity contribution in [2.45, 2.75) is 237 Å². The summed E-state index contributed by atoms with van der Waals surface area (Å²) in [6.07, 6.45) is 25.1. The van der Waals surface area contributed by atoms with E-state index in [9.17, 15) is 28.4 Å². The summed E-state index contributed by atoms with van der Waals surface area (Å²) >= 11 is 0. The van der Waals surface area contributed by atoms with Gasteiger partial charge in [-0.3, -0.25) is 13.7 Å². The molecule has 0 aromatic carbocycles. The van der Waals surface area contributed by atoms with Crippen LogP contribution in [-0.2, 0) is 40.8 Å². The molecular formula is C48H102ErO12P3. The third kappa shape index (κ3) is 46.0. The maximum atomic E-state index is 11.8. The van der Waals surface area contributed by atoms with Crippen molar-refractivity contribution in [3.05, 3.63) is 0 Å². The maximum absolute atomic E-state index is 11.8. The van der Waals surface area contributed by atoms with Gasteiger partial charge in [0.1, 0.15) is 0 Å². The van der Waals surface area contributed by atoms with Gasteiger partial charge in [-0.05, 0) is 74.0 Å². The number of rotatable bonds is 42. The van der Waals surface area contributed by atoms with Gasteiger partial charge in [-0.2, -0.15) is 0 Å². The smallest absolute Gasteiger partial charge is 0.756 e. The number of hydrogen-bond acceptors (Lipinski definition) is 12. The fraction of sp³-hybridized carbons (Fsp3) is 1.00. The van der Waals surface area contributed by atoms with Crippen LogP contribution in [-0.4, -0.2) is 39.6 Å². The molecule has 0 spiro atoms. The zero-order valence-electron chi connectivity index (χ0n) is 43.2.